The van der Waals surface area contributed by atoms with Gasteiger partial charge >= 0.3 is 0 Å². The van der Waals surface area contributed by atoms with Crippen molar-refractivity contribution >= 4 is 55.4 Å². The molecule has 156 valence electrons. The Balaban J connectivity index is 1.76. The second-order valence-electron chi connectivity index (χ2n) is 6.55. The summed E-state index contributed by atoms with van der Waals surface area (Å²) in [6, 6.07) is 17.2. The van der Waals surface area contributed by atoms with Gasteiger partial charge in [0.25, 0.3) is 15.7 Å². The van der Waals surface area contributed by atoms with Crippen molar-refractivity contribution in [3.8, 4) is 11.3 Å². The molecule has 0 aliphatic rings. The van der Waals surface area contributed by atoms with Crippen LogP contribution in [0.15, 0.2) is 77.8 Å². The lowest BCUT2D eigenvalue weighted by Crippen LogP contribution is -2.13. The second-order valence-corrected chi connectivity index (χ2v) is 9.05. The maximum absolute atomic E-state index is 13.0. The number of hydrogen-bond acceptors (Lipinski definition) is 5. The normalized spacial score (nSPS) is 11.4. The van der Waals surface area contributed by atoms with E-state index in [-0.39, 0.29) is 21.3 Å². The highest BCUT2D eigenvalue weighted by molar-refractivity contribution is 7.92. The molecule has 1 N–H and O–H groups in total. The predicted molar refractivity (Wildman–Crippen MR) is 121 cm³/mol. The molecule has 0 aliphatic heterocycles. The molecule has 10 heteroatoms. The van der Waals surface area contributed by atoms with Crippen LogP contribution >= 0.6 is 23.2 Å². The highest BCUT2D eigenvalue weighted by atomic mass is 35.5. The van der Waals surface area contributed by atoms with Crippen LogP contribution in [0.5, 0.6) is 0 Å². The number of hydrogen-bond donors (Lipinski definition) is 1. The fraction of sp³-hybridized carbons (Fsp3) is 0. The molecular formula is C21H13Cl2N3O4S. The fourth-order valence-corrected chi connectivity index (χ4v) is 4.68. The van der Waals surface area contributed by atoms with Crippen LogP contribution in [0.25, 0.3) is 22.0 Å². The van der Waals surface area contributed by atoms with Gasteiger partial charge < -0.3 is 0 Å². The molecule has 0 atom stereocenters. The Morgan fingerprint density at radius 2 is 1.71 bits per heavy atom. The summed E-state index contributed by atoms with van der Waals surface area (Å²) in [6.45, 7) is 0. The van der Waals surface area contributed by atoms with Gasteiger partial charge in [0.2, 0.25) is 0 Å². The Hall–Kier alpha value is -3.20. The Morgan fingerprint density at radius 3 is 2.45 bits per heavy atom. The first-order chi connectivity index (χ1) is 14.8. The summed E-state index contributed by atoms with van der Waals surface area (Å²) < 4.78 is 28.3. The molecule has 0 saturated heterocycles. The van der Waals surface area contributed by atoms with Gasteiger partial charge in [0, 0.05) is 29.3 Å². The minimum absolute atomic E-state index is 0.0204. The van der Waals surface area contributed by atoms with E-state index in [2.05, 4.69) is 9.71 Å². The Bertz CT molecular complexity index is 1440. The zero-order chi connectivity index (χ0) is 22.2. The molecule has 7 nitrogen and oxygen atoms in total. The number of nitro groups is 1. The van der Waals surface area contributed by atoms with Crippen molar-refractivity contribution in [2.45, 2.75) is 4.90 Å². The summed E-state index contributed by atoms with van der Waals surface area (Å²) in [7, 11) is -4.06. The maximum atomic E-state index is 13.0. The van der Waals surface area contributed by atoms with Crippen molar-refractivity contribution in [1.82, 2.24) is 4.98 Å². The maximum Gasteiger partial charge on any atom is 0.271 e. The summed E-state index contributed by atoms with van der Waals surface area (Å²) in [6.07, 6.45) is 1.63. The number of non-ortho nitro benzene ring substituents is 1. The quantitative estimate of drug-likeness (QED) is 0.286. The second kappa shape index (κ2) is 8.14. The molecule has 0 saturated carbocycles. The number of fused-ring (bicyclic) bond motifs is 1. The van der Waals surface area contributed by atoms with Crippen LogP contribution in [0.4, 0.5) is 11.4 Å². The van der Waals surface area contributed by atoms with E-state index in [0.717, 1.165) is 22.9 Å². The molecule has 0 unspecified atom stereocenters. The molecular weight excluding hydrogens is 461 g/mol. The topological polar surface area (TPSA) is 102 Å². The van der Waals surface area contributed by atoms with Crippen LogP contribution in [-0.2, 0) is 10.0 Å². The zero-order valence-electron chi connectivity index (χ0n) is 15.6. The third-order valence-electron chi connectivity index (χ3n) is 4.58. The summed E-state index contributed by atoms with van der Waals surface area (Å²) in [5.41, 5.74) is 0.778. The van der Waals surface area contributed by atoms with Crippen molar-refractivity contribution in [2.75, 3.05) is 4.72 Å². The number of sulfonamides is 1. The number of benzene rings is 3. The van der Waals surface area contributed by atoms with Gasteiger partial charge in [-0.25, -0.2) is 8.42 Å². The summed E-state index contributed by atoms with van der Waals surface area (Å²) in [5.74, 6) is 0. The van der Waals surface area contributed by atoms with Gasteiger partial charge in [-0.15, -0.1) is 0 Å². The van der Waals surface area contributed by atoms with E-state index < -0.39 is 14.9 Å². The smallest absolute Gasteiger partial charge is 0.271 e. The van der Waals surface area contributed by atoms with Crippen LogP contribution in [0.2, 0.25) is 10.0 Å². The summed E-state index contributed by atoms with van der Waals surface area (Å²) in [4.78, 5) is 14.6. The van der Waals surface area contributed by atoms with E-state index in [4.69, 9.17) is 23.2 Å². The predicted octanol–water partition coefficient (Wildman–Crippen LogP) is 5.92. The monoisotopic (exact) mass is 473 g/mol. The van der Waals surface area contributed by atoms with E-state index in [1.54, 1.807) is 6.20 Å². The van der Waals surface area contributed by atoms with Gasteiger partial charge in [0.1, 0.15) is 0 Å². The van der Waals surface area contributed by atoms with Crippen LogP contribution in [0.3, 0.4) is 0 Å². The number of halogens is 2. The molecule has 1 heterocycles. The SMILES string of the molecule is O=[N+]([O-])c1ccc(NS(=O)(=O)c2ccc(Cl)c(-c3nccc4ccccc34)c2)c(Cl)c1. The van der Waals surface area contributed by atoms with Gasteiger partial charge in [-0.3, -0.25) is 19.8 Å². The van der Waals surface area contributed by atoms with Crippen LogP contribution in [0.1, 0.15) is 0 Å². The van der Waals surface area contributed by atoms with Crippen LogP contribution in [0, 0.1) is 10.1 Å². The van der Waals surface area contributed by atoms with Crippen molar-refractivity contribution in [1.29, 1.82) is 0 Å². The van der Waals surface area contributed by atoms with Crippen LogP contribution in [-0.4, -0.2) is 18.3 Å². The summed E-state index contributed by atoms with van der Waals surface area (Å²) >= 11 is 12.4. The highest BCUT2D eigenvalue weighted by Crippen LogP contribution is 2.34. The van der Waals surface area contributed by atoms with Gasteiger partial charge in [0.15, 0.2) is 0 Å². The molecule has 31 heavy (non-hydrogen) atoms. The Morgan fingerprint density at radius 1 is 0.935 bits per heavy atom. The Labute approximate surface area is 187 Å². The largest absolute Gasteiger partial charge is 0.278 e. The molecule has 1 aromatic heterocycles. The highest BCUT2D eigenvalue weighted by Gasteiger charge is 2.20. The molecule has 0 spiro atoms. The van der Waals surface area contributed by atoms with Crippen LogP contribution < -0.4 is 4.72 Å². The average Bonchev–Trinajstić information content (AvgIpc) is 2.75. The van der Waals surface area contributed by atoms with Gasteiger partial charge in [-0.2, -0.15) is 0 Å². The minimum atomic E-state index is -4.06. The molecule has 0 radical (unpaired) electrons. The van der Waals surface area contributed by atoms with Gasteiger partial charge in [-0.05, 0) is 35.7 Å². The number of pyridine rings is 1. The Kier molecular flexibility index (Phi) is 5.53. The molecule has 0 fully saturated rings. The molecule has 0 bridgehead atoms. The molecule has 4 rings (SSSR count). The van der Waals surface area contributed by atoms with Crippen molar-refractivity contribution in [3.05, 3.63) is 93.1 Å². The fourth-order valence-electron chi connectivity index (χ4n) is 3.09. The number of aromatic nitrogens is 1. The first-order valence-electron chi connectivity index (χ1n) is 8.87. The molecule has 3 aromatic carbocycles. The summed E-state index contributed by atoms with van der Waals surface area (Å²) in [5, 5.41) is 12.9. The lowest BCUT2D eigenvalue weighted by Gasteiger charge is -2.12. The number of nitro benzene ring substituents is 1. The lowest BCUT2D eigenvalue weighted by molar-refractivity contribution is -0.384. The lowest BCUT2D eigenvalue weighted by atomic mass is 10.0. The number of anilines is 1. The van der Waals surface area contributed by atoms with Crippen molar-refractivity contribution in [3.63, 3.8) is 0 Å². The van der Waals surface area contributed by atoms with Gasteiger partial charge in [0.05, 0.1) is 31.2 Å². The van der Waals surface area contributed by atoms with Crippen molar-refractivity contribution < 1.29 is 13.3 Å². The third kappa shape index (κ3) is 4.18. The zero-order valence-corrected chi connectivity index (χ0v) is 17.9. The molecule has 0 amide bonds. The van der Waals surface area contributed by atoms with E-state index in [1.807, 2.05) is 30.3 Å². The standard InChI is InChI=1S/C21H13Cl2N3O4S/c22-18-7-6-15(12-17(18)21-16-4-2-1-3-13(16)9-10-24-21)31(29,30)25-20-8-5-14(26(27)28)11-19(20)23/h1-12,25H. The number of nitrogens with zero attached hydrogens (tertiary/aromatic N) is 2. The van der Waals surface area contributed by atoms with E-state index >= 15 is 0 Å². The molecule has 0 aliphatic carbocycles. The van der Waals surface area contributed by atoms with Gasteiger partial charge in [-0.1, -0.05) is 47.5 Å². The first-order valence-corrected chi connectivity index (χ1v) is 11.1. The van der Waals surface area contributed by atoms with E-state index in [9.17, 15) is 18.5 Å². The van der Waals surface area contributed by atoms with E-state index in [0.29, 0.717) is 16.3 Å². The third-order valence-corrected chi connectivity index (χ3v) is 6.59. The average molecular weight is 474 g/mol. The first kappa shape index (κ1) is 21.0. The number of nitrogens with one attached hydrogen (secondary N) is 1. The minimum Gasteiger partial charge on any atom is -0.278 e. The number of rotatable bonds is 5. The van der Waals surface area contributed by atoms with E-state index in [1.165, 1.54) is 24.3 Å². The molecule has 4 aromatic rings. The van der Waals surface area contributed by atoms with Crippen molar-refractivity contribution in [2.24, 2.45) is 0 Å².